The van der Waals surface area contributed by atoms with Gasteiger partial charge in [-0.15, -0.1) is 0 Å². The third-order valence-corrected chi connectivity index (χ3v) is 3.36. The molecule has 0 radical (unpaired) electrons. The van der Waals surface area contributed by atoms with Gasteiger partial charge >= 0.3 is 0 Å². The van der Waals surface area contributed by atoms with Gasteiger partial charge in [-0.1, -0.05) is 50.5 Å². The van der Waals surface area contributed by atoms with Gasteiger partial charge in [0.15, 0.2) is 0 Å². The first-order valence-corrected chi connectivity index (χ1v) is 5.20. The molecule has 1 aromatic rings. The summed E-state index contributed by atoms with van der Waals surface area (Å²) in [4.78, 5) is 0. The Labute approximate surface area is 82.8 Å². The number of hydrogen-bond acceptors (Lipinski definition) is 0. The predicted octanol–water partition coefficient (Wildman–Crippen LogP) is 2.02. The van der Waals surface area contributed by atoms with Crippen LogP contribution in [0.15, 0.2) is 24.3 Å². The lowest BCUT2D eigenvalue weighted by Crippen LogP contribution is -2.27. The zero-order valence-corrected chi connectivity index (χ0v) is 9.22. The van der Waals surface area contributed by atoms with Crippen LogP contribution in [-0.4, -0.2) is 7.85 Å². The molecular formula is C12H19B. The lowest BCUT2D eigenvalue weighted by atomic mass is 9.72. The Kier molecular flexibility index (Phi) is 3.19. The first-order valence-electron chi connectivity index (χ1n) is 5.20. The number of hydrogen-bond donors (Lipinski definition) is 0. The molecule has 0 saturated carbocycles. The highest BCUT2D eigenvalue weighted by Crippen LogP contribution is 2.29. The summed E-state index contributed by atoms with van der Waals surface area (Å²) >= 11 is 0. The Bertz CT molecular complexity index is 274. The zero-order chi connectivity index (χ0) is 9.90. The van der Waals surface area contributed by atoms with Crippen molar-refractivity contribution in [1.82, 2.24) is 0 Å². The van der Waals surface area contributed by atoms with E-state index in [0.717, 1.165) is 0 Å². The predicted molar refractivity (Wildman–Crippen MR) is 62.6 cm³/mol. The molecule has 0 aliphatic rings. The van der Waals surface area contributed by atoms with Crippen LogP contribution in [0, 0.1) is 0 Å². The number of rotatable bonds is 3. The fraction of sp³-hybridized carbons (Fsp3) is 0.500. The Morgan fingerprint density at radius 3 is 2.15 bits per heavy atom. The van der Waals surface area contributed by atoms with E-state index in [1.807, 2.05) is 0 Å². The van der Waals surface area contributed by atoms with Gasteiger partial charge in [-0.25, -0.2) is 0 Å². The van der Waals surface area contributed by atoms with Crippen molar-refractivity contribution in [2.24, 2.45) is 0 Å². The van der Waals surface area contributed by atoms with E-state index < -0.39 is 0 Å². The summed E-state index contributed by atoms with van der Waals surface area (Å²) in [5.74, 6) is 0. The maximum atomic E-state index is 2.36. The molecule has 0 aromatic heterocycles. The van der Waals surface area contributed by atoms with E-state index >= 15 is 0 Å². The minimum Gasteiger partial charge on any atom is -0.0853 e. The summed E-state index contributed by atoms with van der Waals surface area (Å²) < 4.78 is 0. The largest absolute Gasteiger partial charge is 0.139 e. The van der Waals surface area contributed by atoms with E-state index in [4.69, 9.17) is 0 Å². The third-order valence-electron chi connectivity index (χ3n) is 3.36. The summed E-state index contributed by atoms with van der Waals surface area (Å²) in [5, 5.41) is 0. The van der Waals surface area contributed by atoms with E-state index in [9.17, 15) is 0 Å². The summed E-state index contributed by atoms with van der Waals surface area (Å²) in [7, 11) is 2.21. The van der Waals surface area contributed by atoms with Gasteiger partial charge in [0.1, 0.15) is 7.85 Å². The quantitative estimate of drug-likeness (QED) is 0.615. The number of benzene rings is 1. The van der Waals surface area contributed by atoms with Crippen molar-refractivity contribution < 1.29 is 0 Å². The van der Waals surface area contributed by atoms with E-state index in [1.165, 1.54) is 23.9 Å². The summed E-state index contributed by atoms with van der Waals surface area (Å²) in [6, 6.07) is 8.73. The minimum absolute atomic E-state index is 0.366. The van der Waals surface area contributed by atoms with Crippen LogP contribution < -0.4 is 5.46 Å². The Balaban J connectivity index is 3.12. The summed E-state index contributed by atoms with van der Waals surface area (Å²) in [6.45, 7) is 6.90. The van der Waals surface area contributed by atoms with Crippen molar-refractivity contribution in [2.45, 2.75) is 39.0 Å². The topological polar surface area (TPSA) is 0 Å². The highest BCUT2D eigenvalue weighted by Gasteiger charge is 2.22. The van der Waals surface area contributed by atoms with Gasteiger partial charge < -0.3 is 0 Å². The summed E-state index contributed by atoms with van der Waals surface area (Å²) in [5.41, 5.74) is 3.31. The maximum Gasteiger partial charge on any atom is 0.139 e. The lowest BCUT2D eigenvalue weighted by Gasteiger charge is -2.29. The molecule has 0 N–H and O–H groups in total. The van der Waals surface area contributed by atoms with Gasteiger partial charge in [0.25, 0.3) is 0 Å². The fourth-order valence-corrected chi connectivity index (χ4v) is 1.88. The van der Waals surface area contributed by atoms with Gasteiger partial charge in [0.05, 0.1) is 0 Å². The van der Waals surface area contributed by atoms with Gasteiger partial charge in [0, 0.05) is 0 Å². The van der Waals surface area contributed by atoms with Crippen molar-refractivity contribution in [3.63, 3.8) is 0 Å². The van der Waals surface area contributed by atoms with Crippen molar-refractivity contribution in [1.29, 1.82) is 0 Å². The molecule has 1 heteroatoms. The van der Waals surface area contributed by atoms with Gasteiger partial charge in [-0.3, -0.25) is 0 Å². The highest BCUT2D eigenvalue weighted by atomic mass is 14.3. The van der Waals surface area contributed by atoms with Crippen molar-refractivity contribution in [3.8, 4) is 0 Å². The molecule has 1 rings (SSSR count). The average Bonchev–Trinajstić information content (AvgIpc) is 2.17. The van der Waals surface area contributed by atoms with Crippen LogP contribution >= 0.6 is 0 Å². The molecule has 70 valence electrons. The minimum atomic E-state index is 0.366. The zero-order valence-electron chi connectivity index (χ0n) is 9.22. The fourth-order valence-electron chi connectivity index (χ4n) is 1.88. The maximum absolute atomic E-state index is 2.36. The van der Waals surface area contributed by atoms with Crippen molar-refractivity contribution >= 4 is 13.3 Å². The van der Waals surface area contributed by atoms with Crippen LogP contribution in [0.1, 0.15) is 39.2 Å². The van der Waals surface area contributed by atoms with E-state index in [-0.39, 0.29) is 0 Å². The van der Waals surface area contributed by atoms with Crippen LogP contribution in [0.3, 0.4) is 0 Å². The first kappa shape index (κ1) is 10.4. The van der Waals surface area contributed by atoms with Gasteiger partial charge in [-0.05, 0) is 23.8 Å². The summed E-state index contributed by atoms with van der Waals surface area (Å²) in [6.07, 6.45) is 2.43. The molecule has 0 heterocycles. The smallest absolute Gasteiger partial charge is 0.0853 e. The van der Waals surface area contributed by atoms with E-state index in [0.29, 0.717) is 5.41 Å². The molecule has 0 nitrogen and oxygen atoms in total. The van der Waals surface area contributed by atoms with Crippen molar-refractivity contribution in [2.75, 3.05) is 0 Å². The molecule has 0 atom stereocenters. The van der Waals surface area contributed by atoms with Gasteiger partial charge in [-0.2, -0.15) is 0 Å². The SMILES string of the molecule is Bc1ccccc1C(C)(CC)CC. The van der Waals surface area contributed by atoms with Crippen LogP contribution in [0.2, 0.25) is 0 Å². The third kappa shape index (κ3) is 1.96. The van der Waals surface area contributed by atoms with Crippen LogP contribution in [0.5, 0.6) is 0 Å². The van der Waals surface area contributed by atoms with Gasteiger partial charge in [0.2, 0.25) is 0 Å². The molecule has 13 heavy (non-hydrogen) atoms. The first-order chi connectivity index (χ1) is 6.14. The Morgan fingerprint density at radius 2 is 1.69 bits per heavy atom. The molecule has 0 aliphatic carbocycles. The molecule has 0 saturated heterocycles. The Hall–Kier alpha value is -0.715. The molecular weight excluding hydrogens is 155 g/mol. The molecule has 0 amide bonds. The molecule has 0 spiro atoms. The second-order valence-electron chi connectivity index (χ2n) is 4.08. The molecule has 0 fully saturated rings. The second kappa shape index (κ2) is 4.00. The van der Waals surface area contributed by atoms with Crippen molar-refractivity contribution in [3.05, 3.63) is 29.8 Å². The molecule has 0 aliphatic heterocycles. The normalized spacial score (nSPS) is 11.6. The molecule has 1 aromatic carbocycles. The standard InChI is InChI=1S/C12H19B/c1-4-12(3,5-2)10-8-6-7-9-11(10)13/h6-9H,4-5,13H2,1-3H3. The van der Waals surface area contributed by atoms with Crippen LogP contribution in [0.4, 0.5) is 0 Å². The van der Waals surface area contributed by atoms with Crippen LogP contribution in [0.25, 0.3) is 0 Å². The molecule has 0 bridgehead atoms. The molecule has 0 unspecified atom stereocenters. The average molecular weight is 174 g/mol. The second-order valence-corrected chi connectivity index (χ2v) is 4.08. The monoisotopic (exact) mass is 174 g/mol. The lowest BCUT2D eigenvalue weighted by molar-refractivity contribution is 0.441. The van der Waals surface area contributed by atoms with E-state index in [1.54, 1.807) is 0 Å². The highest BCUT2D eigenvalue weighted by molar-refractivity contribution is 6.33. The Morgan fingerprint density at radius 1 is 1.15 bits per heavy atom. The van der Waals surface area contributed by atoms with Crippen LogP contribution in [-0.2, 0) is 5.41 Å². The van der Waals surface area contributed by atoms with E-state index in [2.05, 4.69) is 52.9 Å².